The van der Waals surface area contributed by atoms with Crippen LogP contribution >= 0.6 is 0 Å². The third-order valence-corrected chi connectivity index (χ3v) is 2.69. The van der Waals surface area contributed by atoms with Crippen molar-refractivity contribution < 1.29 is 14.3 Å². The maximum absolute atomic E-state index is 12.0. The molecule has 2 heterocycles. The van der Waals surface area contributed by atoms with E-state index in [0.29, 0.717) is 23.9 Å². The minimum Gasteiger partial charge on any atom is -0.481 e. The van der Waals surface area contributed by atoms with E-state index in [1.54, 1.807) is 31.5 Å². The SMILES string of the molecule is COc1ccc(C(=O)NCc2cccnc2OC)cn1. The van der Waals surface area contributed by atoms with Crippen molar-refractivity contribution in [1.82, 2.24) is 15.3 Å². The number of pyridine rings is 2. The molecular formula is C14H15N3O3. The van der Waals surface area contributed by atoms with E-state index in [0.717, 1.165) is 5.56 Å². The summed E-state index contributed by atoms with van der Waals surface area (Å²) < 4.78 is 10.1. The molecule has 2 aromatic heterocycles. The van der Waals surface area contributed by atoms with Crippen molar-refractivity contribution in [3.05, 3.63) is 47.8 Å². The summed E-state index contributed by atoms with van der Waals surface area (Å²) in [5.74, 6) is 0.752. The van der Waals surface area contributed by atoms with Crippen molar-refractivity contribution in [2.45, 2.75) is 6.54 Å². The third-order valence-electron chi connectivity index (χ3n) is 2.69. The van der Waals surface area contributed by atoms with Gasteiger partial charge in [-0.1, -0.05) is 6.07 Å². The summed E-state index contributed by atoms with van der Waals surface area (Å²) in [5, 5.41) is 2.79. The first kappa shape index (κ1) is 13.8. The van der Waals surface area contributed by atoms with Crippen molar-refractivity contribution in [2.75, 3.05) is 14.2 Å². The van der Waals surface area contributed by atoms with Gasteiger partial charge in [0.1, 0.15) is 0 Å². The molecule has 6 heteroatoms. The first-order valence-corrected chi connectivity index (χ1v) is 6.00. The fourth-order valence-electron chi connectivity index (χ4n) is 1.66. The lowest BCUT2D eigenvalue weighted by Gasteiger charge is -2.08. The van der Waals surface area contributed by atoms with Gasteiger partial charge < -0.3 is 14.8 Å². The zero-order valence-corrected chi connectivity index (χ0v) is 11.3. The fraction of sp³-hybridized carbons (Fsp3) is 0.214. The van der Waals surface area contributed by atoms with Crippen LogP contribution in [-0.2, 0) is 6.54 Å². The average Bonchev–Trinajstić information content (AvgIpc) is 2.53. The quantitative estimate of drug-likeness (QED) is 0.892. The molecule has 0 unspecified atom stereocenters. The highest BCUT2D eigenvalue weighted by Gasteiger charge is 2.08. The topological polar surface area (TPSA) is 73.3 Å². The maximum atomic E-state index is 12.0. The van der Waals surface area contributed by atoms with E-state index >= 15 is 0 Å². The Balaban J connectivity index is 2.01. The highest BCUT2D eigenvalue weighted by molar-refractivity contribution is 5.93. The second-order valence-corrected chi connectivity index (χ2v) is 3.94. The van der Waals surface area contributed by atoms with Gasteiger partial charge in [-0.15, -0.1) is 0 Å². The van der Waals surface area contributed by atoms with E-state index in [9.17, 15) is 4.79 Å². The Morgan fingerprint density at radius 2 is 2.05 bits per heavy atom. The van der Waals surface area contributed by atoms with Crippen LogP contribution in [-0.4, -0.2) is 30.1 Å². The summed E-state index contributed by atoms with van der Waals surface area (Å²) in [6, 6.07) is 6.93. The van der Waals surface area contributed by atoms with Crippen LogP contribution in [0.1, 0.15) is 15.9 Å². The number of nitrogens with one attached hydrogen (secondary N) is 1. The fourth-order valence-corrected chi connectivity index (χ4v) is 1.66. The smallest absolute Gasteiger partial charge is 0.253 e. The Bertz CT molecular complexity index is 584. The lowest BCUT2D eigenvalue weighted by atomic mass is 10.2. The molecule has 0 bridgehead atoms. The number of rotatable bonds is 5. The number of hydrogen-bond donors (Lipinski definition) is 1. The molecule has 0 fully saturated rings. The molecule has 0 saturated heterocycles. The van der Waals surface area contributed by atoms with Gasteiger partial charge in [-0.05, 0) is 12.1 Å². The number of hydrogen-bond acceptors (Lipinski definition) is 5. The monoisotopic (exact) mass is 273 g/mol. The minimum absolute atomic E-state index is 0.217. The molecule has 2 rings (SSSR count). The molecule has 1 N–H and O–H groups in total. The number of aromatic nitrogens is 2. The molecule has 0 saturated carbocycles. The van der Waals surface area contributed by atoms with Crippen LogP contribution in [0, 0.1) is 0 Å². The van der Waals surface area contributed by atoms with Crippen molar-refractivity contribution >= 4 is 5.91 Å². The Morgan fingerprint density at radius 3 is 2.70 bits per heavy atom. The van der Waals surface area contributed by atoms with Crippen LogP contribution in [0.25, 0.3) is 0 Å². The van der Waals surface area contributed by atoms with Crippen molar-refractivity contribution in [1.29, 1.82) is 0 Å². The molecule has 0 atom stereocenters. The van der Waals surface area contributed by atoms with Crippen LogP contribution in [0.15, 0.2) is 36.7 Å². The van der Waals surface area contributed by atoms with E-state index < -0.39 is 0 Å². The average molecular weight is 273 g/mol. The van der Waals surface area contributed by atoms with Crippen molar-refractivity contribution in [2.24, 2.45) is 0 Å². The van der Waals surface area contributed by atoms with Crippen LogP contribution < -0.4 is 14.8 Å². The van der Waals surface area contributed by atoms with Crippen LogP contribution in [0.5, 0.6) is 11.8 Å². The molecule has 0 aliphatic rings. The number of ether oxygens (including phenoxy) is 2. The number of carbonyl (C=O) groups is 1. The minimum atomic E-state index is -0.217. The number of carbonyl (C=O) groups excluding carboxylic acids is 1. The van der Waals surface area contributed by atoms with E-state index in [4.69, 9.17) is 9.47 Å². The standard InChI is InChI=1S/C14H15N3O3/c1-19-12-6-5-10(8-16-12)13(18)17-9-11-4-3-7-15-14(11)20-2/h3-8H,9H2,1-2H3,(H,17,18). The molecule has 1 amide bonds. The number of amides is 1. The van der Waals surface area contributed by atoms with Gasteiger partial charge in [0.15, 0.2) is 0 Å². The molecule has 6 nitrogen and oxygen atoms in total. The summed E-state index contributed by atoms with van der Waals surface area (Å²) in [6.07, 6.45) is 3.10. The summed E-state index contributed by atoms with van der Waals surface area (Å²) >= 11 is 0. The van der Waals surface area contributed by atoms with Gasteiger partial charge in [0.05, 0.1) is 19.8 Å². The molecule has 0 aromatic carbocycles. The van der Waals surface area contributed by atoms with Crippen LogP contribution in [0.3, 0.4) is 0 Å². The molecular weight excluding hydrogens is 258 g/mol. The molecule has 0 aliphatic carbocycles. The molecule has 20 heavy (non-hydrogen) atoms. The summed E-state index contributed by atoms with van der Waals surface area (Å²) in [6.45, 7) is 0.335. The molecule has 0 spiro atoms. The number of methoxy groups -OCH3 is 2. The van der Waals surface area contributed by atoms with E-state index in [2.05, 4.69) is 15.3 Å². The van der Waals surface area contributed by atoms with Gasteiger partial charge in [-0.2, -0.15) is 0 Å². The lowest BCUT2D eigenvalue weighted by molar-refractivity contribution is 0.0950. The zero-order chi connectivity index (χ0) is 14.4. The third kappa shape index (κ3) is 3.23. The van der Waals surface area contributed by atoms with Crippen molar-refractivity contribution in [3.8, 4) is 11.8 Å². The van der Waals surface area contributed by atoms with Gasteiger partial charge in [0.2, 0.25) is 11.8 Å². The van der Waals surface area contributed by atoms with E-state index in [1.807, 2.05) is 6.07 Å². The Morgan fingerprint density at radius 1 is 1.20 bits per heavy atom. The largest absolute Gasteiger partial charge is 0.481 e. The normalized spacial score (nSPS) is 9.90. The van der Waals surface area contributed by atoms with E-state index in [1.165, 1.54) is 13.3 Å². The summed E-state index contributed by atoms with van der Waals surface area (Å²) in [4.78, 5) is 20.0. The van der Waals surface area contributed by atoms with Gasteiger partial charge in [0.25, 0.3) is 5.91 Å². The van der Waals surface area contributed by atoms with Gasteiger partial charge in [-0.25, -0.2) is 9.97 Å². The zero-order valence-electron chi connectivity index (χ0n) is 11.3. The van der Waals surface area contributed by atoms with Gasteiger partial charge in [0, 0.05) is 30.6 Å². The highest BCUT2D eigenvalue weighted by atomic mass is 16.5. The van der Waals surface area contributed by atoms with Crippen LogP contribution in [0.4, 0.5) is 0 Å². The van der Waals surface area contributed by atoms with Crippen LogP contribution in [0.2, 0.25) is 0 Å². The Labute approximate surface area is 116 Å². The first-order chi connectivity index (χ1) is 9.74. The molecule has 2 aromatic rings. The Kier molecular flexibility index (Phi) is 4.49. The van der Waals surface area contributed by atoms with Gasteiger partial charge >= 0.3 is 0 Å². The van der Waals surface area contributed by atoms with Gasteiger partial charge in [-0.3, -0.25) is 4.79 Å². The highest BCUT2D eigenvalue weighted by Crippen LogP contribution is 2.13. The molecule has 0 aliphatic heterocycles. The number of nitrogens with zero attached hydrogens (tertiary/aromatic N) is 2. The van der Waals surface area contributed by atoms with Crippen molar-refractivity contribution in [3.63, 3.8) is 0 Å². The second-order valence-electron chi connectivity index (χ2n) is 3.94. The summed E-state index contributed by atoms with van der Waals surface area (Å²) in [7, 11) is 3.07. The predicted octanol–water partition coefficient (Wildman–Crippen LogP) is 1.42. The predicted molar refractivity (Wildman–Crippen MR) is 72.7 cm³/mol. The van der Waals surface area contributed by atoms with E-state index in [-0.39, 0.29) is 5.91 Å². The lowest BCUT2D eigenvalue weighted by Crippen LogP contribution is -2.23. The maximum Gasteiger partial charge on any atom is 0.253 e. The molecule has 104 valence electrons. The Hall–Kier alpha value is -2.63. The first-order valence-electron chi connectivity index (χ1n) is 6.00. The summed E-state index contributed by atoms with van der Waals surface area (Å²) in [5.41, 5.74) is 1.28. The molecule has 0 radical (unpaired) electrons. The second kappa shape index (κ2) is 6.51.